The maximum absolute atomic E-state index is 13.1. The zero-order valence-corrected chi connectivity index (χ0v) is 14.2. The van der Waals surface area contributed by atoms with E-state index in [1.165, 1.54) is 12.1 Å². The second-order valence-electron chi connectivity index (χ2n) is 6.39. The van der Waals surface area contributed by atoms with Crippen LogP contribution in [0.15, 0.2) is 41.3 Å². The molecule has 0 aliphatic carbocycles. The van der Waals surface area contributed by atoms with E-state index in [0.717, 1.165) is 16.7 Å². The van der Waals surface area contributed by atoms with Crippen molar-refractivity contribution in [3.63, 3.8) is 0 Å². The van der Waals surface area contributed by atoms with E-state index in [-0.39, 0.29) is 17.3 Å². The number of benzene rings is 1. The van der Waals surface area contributed by atoms with Gasteiger partial charge in [0.2, 0.25) is 5.56 Å². The van der Waals surface area contributed by atoms with Crippen LogP contribution in [0.3, 0.4) is 0 Å². The third kappa shape index (κ3) is 2.92. The maximum Gasteiger partial charge on any atom is 0.274 e. The molecule has 7 heteroatoms. The van der Waals surface area contributed by atoms with Crippen molar-refractivity contribution in [3.05, 3.63) is 75.2 Å². The highest BCUT2D eigenvalue weighted by Crippen LogP contribution is 2.22. The number of hydrogen-bond acceptors (Lipinski definition) is 3. The van der Waals surface area contributed by atoms with Crippen LogP contribution >= 0.6 is 0 Å². The summed E-state index contributed by atoms with van der Waals surface area (Å²) in [5.41, 5.74) is 3.53. The molecule has 1 aliphatic heterocycles. The van der Waals surface area contributed by atoms with Crippen LogP contribution in [-0.4, -0.2) is 32.3 Å². The van der Waals surface area contributed by atoms with Crippen LogP contribution in [-0.2, 0) is 13.0 Å². The van der Waals surface area contributed by atoms with E-state index in [4.69, 9.17) is 0 Å². The Hall–Kier alpha value is -3.22. The van der Waals surface area contributed by atoms with Gasteiger partial charge < -0.3 is 14.9 Å². The summed E-state index contributed by atoms with van der Waals surface area (Å²) in [5.74, 6) is 0.0508. The van der Waals surface area contributed by atoms with Gasteiger partial charge in [0.15, 0.2) is 0 Å². The van der Waals surface area contributed by atoms with Gasteiger partial charge in [0.25, 0.3) is 5.91 Å². The van der Waals surface area contributed by atoms with Gasteiger partial charge in [-0.05, 0) is 48.7 Å². The number of hydrogen-bond donors (Lipinski definition) is 2. The van der Waals surface area contributed by atoms with Gasteiger partial charge in [0.1, 0.15) is 17.3 Å². The minimum Gasteiger partial charge on any atom is -0.341 e. The number of aromatic amines is 2. The summed E-state index contributed by atoms with van der Waals surface area (Å²) < 4.78 is 13.1. The molecule has 26 heavy (non-hydrogen) atoms. The Balaban J connectivity index is 1.60. The van der Waals surface area contributed by atoms with E-state index in [0.29, 0.717) is 36.7 Å². The van der Waals surface area contributed by atoms with Gasteiger partial charge in [0, 0.05) is 36.6 Å². The summed E-state index contributed by atoms with van der Waals surface area (Å²) in [6.45, 7) is 2.76. The van der Waals surface area contributed by atoms with Crippen molar-refractivity contribution in [1.82, 2.24) is 19.9 Å². The molecule has 3 heterocycles. The molecule has 1 amide bonds. The average molecular weight is 352 g/mol. The number of imidazole rings is 1. The number of halogens is 1. The minimum absolute atomic E-state index is 0.129. The van der Waals surface area contributed by atoms with Gasteiger partial charge in [-0.15, -0.1) is 0 Å². The summed E-state index contributed by atoms with van der Waals surface area (Å²) in [4.78, 5) is 36.2. The Morgan fingerprint density at radius 3 is 2.77 bits per heavy atom. The van der Waals surface area contributed by atoms with Crippen LogP contribution in [0.5, 0.6) is 0 Å². The molecule has 4 rings (SSSR count). The fraction of sp³-hybridized carbons (Fsp3) is 0.211. The SMILES string of the molecule is Cc1[nH]c(-c2ccc(F)cc2)nc1C(=O)N1CCc2cc(=O)[nH]cc2C1. The molecular weight excluding hydrogens is 335 g/mol. The first-order valence-corrected chi connectivity index (χ1v) is 8.33. The van der Waals surface area contributed by atoms with Crippen molar-refractivity contribution < 1.29 is 9.18 Å². The van der Waals surface area contributed by atoms with E-state index < -0.39 is 0 Å². The normalized spacial score (nSPS) is 13.5. The molecule has 0 saturated carbocycles. The second kappa shape index (κ2) is 6.25. The van der Waals surface area contributed by atoms with E-state index in [1.54, 1.807) is 36.2 Å². The molecule has 132 valence electrons. The molecule has 0 bridgehead atoms. The predicted molar refractivity (Wildman–Crippen MR) is 94.2 cm³/mol. The number of H-pyrrole nitrogens is 2. The maximum atomic E-state index is 13.1. The van der Waals surface area contributed by atoms with E-state index in [2.05, 4.69) is 15.0 Å². The smallest absolute Gasteiger partial charge is 0.274 e. The molecule has 6 nitrogen and oxygen atoms in total. The van der Waals surface area contributed by atoms with Crippen LogP contribution < -0.4 is 5.56 Å². The number of carbonyl (C=O) groups is 1. The molecule has 0 atom stereocenters. The van der Waals surface area contributed by atoms with Gasteiger partial charge in [-0.1, -0.05) is 0 Å². The molecule has 1 aliphatic rings. The molecule has 0 fully saturated rings. The summed E-state index contributed by atoms with van der Waals surface area (Å²) in [5, 5.41) is 0. The zero-order chi connectivity index (χ0) is 18.3. The average Bonchev–Trinajstić information content (AvgIpc) is 3.03. The van der Waals surface area contributed by atoms with Gasteiger partial charge >= 0.3 is 0 Å². The quantitative estimate of drug-likeness (QED) is 0.743. The third-order valence-electron chi connectivity index (χ3n) is 4.61. The minimum atomic E-state index is -0.321. The first kappa shape index (κ1) is 16.3. The highest BCUT2D eigenvalue weighted by molar-refractivity contribution is 5.94. The molecule has 3 aromatic rings. The van der Waals surface area contributed by atoms with Crippen LogP contribution in [0.2, 0.25) is 0 Å². The first-order chi connectivity index (χ1) is 12.5. The Labute approximate surface area is 148 Å². The largest absolute Gasteiger partial charge is 0.341 e. The second-order valence-corrected chi connectivity index (χ2v) is 6.39. The van der Waals surface area contributed by atoms with Crippen LogP contribution in [0, 0.1) is 12.7 Å². The van der Waals surface area contributed by atoms with Crippen molar-refractivity contribution in [1.29, 1.82) is 0 Å². The van der Waals surface area contributed by atoms with Gasteiger partial charge in [-0.25, -0.2) is 9.37 Å². The van der Waals surface area contributed by atoms with E-state index in [9.17, 15) is 14.0 Å². The number of pyridine rings is 1. The monoisotopic (exact) mass is 352 g/mol. The molecule has 2 N–H and O–H groups in total. The van der Waals surface area contributed by atoms with Crippen molar-refractivity contribution in [2.75, 3.05) is 6.54 Å². The number of aromatic nitrogens is 3. The lowest BCUT2D eigenvalue weighted by Crippen LogP contribution is -2.37. The summed E-state index contributed by atoms with van der Waals surface area (Å²) in [7, 11) is 0. The fourth-order valence-corrected chi connectivity index (χ4v) is 3.20. The number of rotatable bonds is 2. The fourth-order valence-electron chi connectivity index (χ4n) is 3.20. The molecule has 0 spiro atoms. The summed E-state index contributed by atoms with van der Waals surface area (Å²) in [6.07, 6.45) is 2.30. The molecule has 0 saturated heterocycles. The van der Waals surface area contributed by atoms with Gasteiger partial charge in [0.05, 0.1) is 0 Å². The highest BCUT2D eigenvalue weighted by atomic mass is 19.1. The number of nitrogens with zero attached hydrogens (tertiary/aromatic N) is 2. The van der Waals surface area contributed by atoms with Crippen molar-refractivity contribution in [3.8, 4) is 11.4 Å². The lowest BCUT2D eigenvalue weighted by atomic mass is 10.0. The molecule has 0 radical (unpaired) electrons. The summed E-state index contributed by atoms with van der Waals surface area (Å²) in [6, 6.07) is 7.54. The van der Waals surface area contributed by atoms with Crippen molar-refractivity contribution >= 4 is 5.91 Å². The lowest BCUT2D eigenvalue weighted by molar-refractivity contribution is 0.0728. The predicted octanol–water partition coefficient (Wildman–Crippen LogP) is 2.41. The van der Waals surface area contributed by atoms with Gasteiger partial charge in [-0.3, -0.25) is 9.59 Å². The number of fused-ring (bicyclic) bond motifs is 1. The Morgan fingerprint density at radius 1 is 1.23 bits per heavy atom. The summed E-state index contributed by atoms with van der Waals surface area (Å²) >= 11 is 0. The van der Waals surface area contributed by atoms with Crippen molar-refractivity contribution in [2.45, 2.75) is 19.9 Å². The molecule has 1 aromatic carbocycles. The highest BCUT2D eigenvalue weighted by Gasteiger charge is 2.25. The Bertz CT molecular complexity index is 1040. The Kier molecular flexibility index (Phi) is 3.91. The lowest BCUT2D eigenvalue weighted by Gasteiger charge is -2.28. The van der Waals surface area contributed by atoms with Crippen molar-refractivity contribution in [2.24, 2.45) is 0 Å². The van der Waals surface area contributed by atoms with E-state index in [1.807, 2.05) is 0 Å². The number of nitrogens with one attached hydrogen (secondary N) is 2. The van der Waals surface area contributed by atoms with Crippen LogP contribution in [0.25, 0.3) is 11.4 Å². The van der Waals surface area contributed by atoms with Crippen LogP contribution in [0.1, 0.15) is 27.3 Å². The number of aryl methyl sites for hydroxylation is 1. The Morgan fingerprint density at radius 2 is 2.00 bits per heavy atom. The number of carbonyl (C=O) groups excluding carboxylic acids is 1. The van der Waals surface area contributed by atoms with Gasteiger partial charge in [-0.2, -0.15) is 0 Å². The molecule has 2 aromatic heterocycles. The third-order valence-corrected chi connectivity index (χ3v) is 4.61. The first-order valence-electron chi connectivity index (χ1n) is 8.33. The number of amides is 1. The zero-order valence-electron chi connectivity index (χ0n) is 14.2. The molecular formula is C19H17FN4O2. The van der Waals surface area contributed by atoms with E-state index >= 15 is 0 Å². The van der Waals surface area contributed by atoms with Crippen LogP contribution in [0.4, 0.5) is 4.39 Å². The standard InChI is InChI=1S/C19H17FN4O2/c1-11-17(23-18(22-11)12-2-4-15(20)5-3-12)19(26)24-7-6-13-8-16(25)21-9-14(13)10-24/h2-5,8-9H,6-7,10H2,1H3,(H,21,25)(H,22,23). The molecule has 0 unspecified atom stereocenters. The topological polar surface area (TPSA) is 81.8 Å².